The Kier molecular flexibility index (Phi) is 11.3. The first kappa shape index (κ1) is 36.1. The lowest BCUT2D eigenvalue weighted by molar-refractivity contribution is -0.253. The van der Waals surface area contributed by atoms with Crippen molar-refractivity contribution in [3.63, 3.8) is 0 Å². The Hall–Kier alpha value is -5.27. The van der Waals surface area contributed by atoms with E-state index in [0.29, 0.717) is 29.9 Å². The number of fused-ring (bicyclic) bond motifs is 1. The number of hydrogen-bond acceptors (Lipinski definition) is 8. The Morgan fingerprint density at radius 2 is 1.51 bits per heavy atom. The summed E-state index contributed by atoms with van der Waals surface area (Å²) in [6.45, 7) is 2.39. The van der Waals surface area contributed by atoms with Crippen molar-refractivity contribution in [2.75, 3.05) is 36.0 Å². The highest BCUT2D eigenvalue weighted by molar-refractivity contribution is 5.94. The van der Waals surface area contributed by atoms with E-state index in [0.717, 1.165) is 60.2 Å². The fraction of sp³-hybridized carbons (Fsp3) is 0.341. The highest BCUT2D eigenvalue weighted by Crippen LogP contribution is 2.39. The van der Waals surface area contributed by atoms with E-state index in [2.05, 4.69) is 20.5 Å². The van der Waals surface area contributed by atoms with Crippen LogP contribution in [0.2, 0.25) is 0 Å². The molecule has 12 nitrogen and oxygen atoms in total. The van der Waals surface area contributed by atoms with Gasteiger partial charge < -0.3 is 40.8 Å². The second-order valence-corrected chi connectivity index (χ2v) is 13.9. The summed E-state index contributed by atoms with van der Waals surface area (Å²) >= 11 is 0. The summed E-state index contributed by atoms with van der Waals surface area (Å²) in [7, 11) is 0. The van der Waals surface area contributed by atoms with Gasteiger partial charge in [0.1, 0.15) is 0 Å². The number of aromatic nitrogens is 2. The summed E-state index contributed by atoms with van der Waals surface area (Å²) in [5.41, 5.74) is 12.0. The van der Waals surface area contributed by atoms with Crippen molar-refractivity contribution in [1.82, 2.24) is 14.5 Å². The number of carbonyl (C=O) groups excluding carboxylic acids is 2. The van der Waals surface area contributed by atoms with E-state index in [9.17, 15) is 19.5 Å². The number of para-hydroxylation sites is 4. The summed E-state index contributed by atoms with van der Waals surface area (Å²) in [4.78, 5) is 43.2. The van der Waals surface area contributed by atoms with E-state index in [4.69, 9.17) is 15.2 Å². The van der Waals surface area contributed by atoms with Gasteiger partial charge in [-0.2, -0.15) is 0 Å². The zero-order valence-electron chi connectivity index (χ0n) is 29.6. The maximum atomic E-state index is 12.8. The van der Waals surface area contributed by atoms with Gasteiger partial charge in [-0.3, -0.25) is 14.2 Å². The number of nitrogen functional groups attached to an aromatic ring is 1. The van der Waals surface area contributed by atoms with E-state index >= 15 is 0 Å². The normalized spacial score (nSPS) is 19.6. The number of H-pyrrole nitrogens is 1. The fourth-order valence-corrected chi connectivity index (χ4v) is 7.30. The maximum Gasteiger partial charge on any atom is 0.326 e. The third-order valence-corrected chi connectivity index (χ3v) is 10.1. The Labute approximate surface area is 307 Å². The average Bonchev–Trinajstić information content (AvgIpc) is 3.52. The molecule has 3 atom stereocenters. The third-order valence-electron chi connectivity index (χ3n) is 10.1. The van der Waals surface area contributed by atoms with Crippen LogP contribution in [0.4, 0.5) is 17.1 Å². The summed E-state index contributed by atoms with van der Waals surface area (Å²) in [6.07, 6.45) is 2.23. The van der Waals surface area contributed by atoms with Crippen LogP contribution in [-0.4, -0.2) is 57.1 Å². The van der Waals surface area contributed by atoms with Crippen molar-refractivity contribution in [3.8, 4) is 0 Å². The molecule has 0 unspecified atom stereocenters. The second kappa shape index (κ2) is 16.6. The molecular formula is C41H46N6O6. The monoisotopic (exact) mass is 718 g/mol. The molecule has 276 valence electrons. The quantitative estimate of drug-likeness (QED) is 0.0976. The van der Waals surface area contributed by atoms with Gasteiger partial charge in [-0.05, 0) is 66.8 Å². The van der Waals surface area contributed by atoms with Crippen molar-refractivity contribution in [2.45, 2.75) is 69.7 Å². The van der Waals surface area contributed by atoms with Gasteiger partial charge in [0.05, 0.1) is 41.2 Å². The Morgan fingerprint density at radius 3 is 2.25 bits per heavy atom. The summed E-state index contributed by atoms with van der Waals surface area (Å²) in [5, 5.41) is 15.3. The first-order chi connectivity index (χ1) is 25.8. The molecule has 2 fully saturated rings. The van der Waals surface area contributed by atoms with E-state index in [-0.39, 0.29) is 55.2 Å². The number of aliphatic hydroxyl groups is 1. The number of nitrogens with two attached hydrogens (primary N) is 1. The minimum Gasteiger partial charge on any atom is -0.397 e. The van der Waals surface area contributed by atoms with Crippen LogP contribution in [0, 0.1) is 0 Å². The van der Waals surface area contributed by atoms with Crippen LogP contribution in [0.1, 0.15) is 73.7 Å². The number of imidazole rings is 1. The predicted molar refractivity (Wildman–Crippen MR) is 204 cm³/mol. The lowest BCUT2D eigenvalue weighted by Gasteiger charge is -2.40. The number of ether oxygens (including phenoxy) is 2. The molecule has 0 aliphatic carbocycles. The number of aromatic amines is 1. The molecule has 4 aromatic carbocycles. The number of likely N-dealkylation sites (tertiary alicyclic amines) is 1. The van der Waals surface area contributed by atoms with Crippen LogP contribution in [0.15, 0.2) is 102 Å². The number of hydrogen-bond donors (Lipinski definition) is 5. The number of piperidine rings is 1. The van der Waals surface area contributed by atoms with Crippen molar-refractivity contribution >= 4 is 39.9 Å². The smallest absolute Gasteiger partial charge is 0.326 e. The van der Waals surface area contributed by atoms with Crippen LogP contribution in [0.3, 0.4) is 0 Å². The molecule has 0 radical (unpaired) electrons. The van der Waals surface area contributed by atoms with Gasteiger partial charge in [-0.1, -0.05) is 60.7 Å². The fourth-order valence-electron chi connectivity index (χ4n) is 7.30. The van der Waals surface area contributed by atoms with Gasteiger partial charge in [0.15, 0.2) is 6.29 Å². The van der Waals surface area contributed by atoms with Gasteiger partial charge in [0, 0.05) is 56.2 Å². The lowest BCUT2D eigenvalue weighted by atomic mass is 9.98. The number of carbonyl (C=O) groups is 2. The number of nitrogens with zero attached hydrogens (tertiary/aromatic N) is 2. The van der Waals surface area contributed by atoms with E-state index in [1.807, 2.05) is 77.4 Å². The van der Waals surface area contributed by atoms with Gasteiger partial charge in [-0.25, -0.2) is 4.79 Å². The highest BCUT2D eigenvalue weighted by atomic mass is 16.7. The molecule has 2 amide bonds. The molecule has 2 aliphatic rings. The first-order valence-corrected chi connectivity index (χ1v) is 18.3. The summed E-state index contributed by atoms with van der Waals surface area (Å²) in [6, 6.07) is 30.3. The molecular weight excluding hydrogens is 672 g/mol. The predicted octanol–water partition coefficient (Wildman–Crippen LogP) is 6.03. The van der Waals surface area contributed by atoms with Gasteiger partial charge in [0.2, 0.25) is 11.8 Å². The lowest BCUT2D eigenvalue weighted by Crippen LogP contribution is -2.43. The summed E-state index contributed by atoms with van der Waals surface area (Å²) < 4.78 is 15.0. The Morgan fingerprint density at radius 1 is 0.830 bits per heavy atom. The second-order valence-electron chi connectivity index (χ2n) is 13.9. The van der Waals surface area contributed by atoms with E-state index < -0.39 is 6.29 Å². The molecule has 0 bridgehead atoms. The molecule has 12 heteroatoms. The molecule has 0 saturated carbocycles. The number of benzene rings is 4. The van der Waals surface area contributed by atoms with Gasteiger partial charge >= 0.3 is 5.69 Å². The molecule has 6 N–H and O–H groups in total. The van der Waals surface area contributed by atoms with Crippen LogP contribution in [-0.2, 0) is 25.7 Å². The van der Waals surface area contributed by atoms with Crippen LogP contribution in [0.25, 0.3) is 11.0 Å². The molecule has 7 rings (SSSR count). The van der Waals surface area contributed by atoms with Crippen LogP contribution < -0.4 is 22.1 Å². The first-order valence-electron chi connectivity index (χ1n) is 18.3. The number of nitrogens with one attached hydrogen (secondary N) is 3. The van der Waals surface area contributed by atoms with Crippen molar-refractivity contribution < 1.29 is 24.2 Å². The number of anilines is 3. The number of rotatable bonds is 12. The third kappa shape index (κ3) is 8.86. The molecule has 2 saturated heterocycles. The Balaban J connectivity index is 0.956. The molecule has 5 aromatic rings. The van der Waals surface area contributed by atoms with Crippen LogP contribution >= 0.6 is 0 Å². The molecule has 0 spiro atoms. The van der Waals surface area contributed by atoms with E-state index in [1.54, 1.807) is 24.3 Å². The topological polar surface area (TPSA) is 164 Å². The SMILES string of the molecule is Nc1ccccc1NC(=O)CCCC(=O)Nc1ccc([C@H]2O[C@@H](CN3CCC(n4c(=O)[nH]c5ccccc54)CC3)C[C@@H](c3ccc(CO)cc3)O2)cc1. The minimum atomic E-state index is -0.625. The number of aliphatic hydroxyl groups excluding tert-OH is 1. The average molecular weight is 719 g/mol. The van der Waals surface area contributed by atoms with Gasteiger partial charge in [-0.15, -0.1) is 0 Å². The maximum absolute atomic E-state index is 12.8. The molecule has 53 heavy (non-hydrogen) atoms. The number of amides is 2. The van der Waals surface area contributed by atoms with Crippen molar-refractivity contribution in [3.05, 3.63) is 124 Å². The Bertz CT molecular complexity index is 2070. The minimum absolute atomic E-state index is 0.0250. The zero-order valence-corrected chi connectivity index (χ0v) is 29.6. The molecule has 3 heterocycles. The molecule has 1 aromatic heterocycles. The zero-order chi connectivity index (χ0) is 36.7. The highest BCUT2D eigenvalue weighted by Gasteiger charge is 2.34. The largest absolute Gasteiger partial charge is 0.397 e. The van der Waals surface area contributed by atoms with Crippen molar-refractivity contribution in [1.29, 1.82) is 0 Å². The van der Waals surface area contributed by atoms with Gasteiger partial charge in [0.25, 0.3) is 0 Å². The van der Waals surface area contributed by atoms with E-state index in [1.165, 1.54) is 0 Å². The van der Waals surface area contributed by atoms with Crippen molar-refractivity contribution in [2.24, 2.45) is 0 Å². The van der Waals surface area contributed by atoms with Crippen LogP contribution in [0.5, 0.6) is 0 Å². The molecule has 2 aliphatic heterocycles. The standard InChI is InChI=1S/C41H46N6O6/c42-33-6-1-2-7-34(33)44-39(50)11-5-10-38(49)43-30-18-16-29(17-19-30)40-52-32(24-37(53-40)28-14-12-27(26-48)13-15-28)25-46-22-20-31(21-23-46)47-36-9-4-3-8-35(36)45-41(47)51/h1-4,6-9,12-19,31-32,37,40,48H,5,10-11,20-26,42H2,(H,43,49)(H,44,50)(H,45,51)/t32-,37+,40+/m1/s1. The summed E-state index contributed by atoms with van der Waals surface area (Å²) in [5.74, 6) is -0.375.